The van der Waals surface area contributed by atoms with Crippen LogP contribution < -0.4 is 5.32 Å². The molecule has 2 heterocycles. The number of carbonyl (C=O) groups is 2. The van der Waals surface area contributed by atoms with Crippen LogP contribution in [0.2, 0.25) is 0 Å². The maximum absolute atomic E-state index is 14.2. The first-order valence-electron chi connectivity index (χ1n) is 14.6. The van der Waals surface area contributed by atoms with Gasteiger partial charge in [-0.2, -0.15) is 4.31 Å². The minimum Gasteiger partial charge on any atom is -0.342 e. The average Bonchev–Trinajstić information content (AvgIpc) is 3.61. The monoisotopic (exact) mass is 566 g/mol. The van der Waals surface area contributed by atoms with E-state index in [0.717, 1.165) is 32.1 Å². The molecule has 2 aromatic rings. The van der Waals surface area contributed by atoms with Gasteiger partial charge in [0.1, 0.15) is 12.1 Å². The van der Waals surface area contributed by atoms with Gasteiger partial charge >= 0.3 is 0 Å². The first-order valence-corrected chi connectivity index (χ1v) is 16.0. The van der Waals surface area contributed by atoms with E-state index in [1.54, 1.807) is 27.4 Å². The highest BCUT2D eigenvalue weighted by molar-refractivity contribution is 7.89. The van der Waals surface area contributed by atoms with Gasteiger partial charge in [-0.15, -0.1) is 0 Å². The quantitative estimate of drug-likeness (QED) is 0.504. The Hall–Kier alpha value is -2.75. The number of carbonyl (C=O) groups excluding carboxylic acids is 2. The number of nitrogens with one attached hydrogen (secondary N) is 1. The first-order chi connectivity index (χ1) is 19.1. The van der Waals surface area contributed by atoms with Crippen LogP contribution in [0.15, 0.2) is 53.4 Å². The van der Waals surface area contributed by atoms with E-state index in [4.69, 9.17) is 0 Å². The lowest BCUT2D eigenvalue weighted by molar-refractivity contribution is -0.154. The molecule has 2 fully saturated rings. The van der Waals surface area contributed by atoms with E-state index in [1.165, 1.54) is 11.1 Å². The molecule has 0 saturated carbocycles. The Kier molecular flexibility index (Phi) is 8.36. The van der Waals surface area contributed by atoms with Gasteiger partial charge in [0, 0.05) is 25.7 Å². The molecular weight excluding hydrogens is 524 g/mol. The summed E-state index contributed by atoms with van der Waals surface area (Å²) in [6.45, 7) is 5.07. The van der Waals surface area contributed by atoms with Crippen molar-refractivity contribution in [2.45, 2.75) is 75.5 Å². The Balaban J connectivity index is 1.46. The molecule has 1 N–H and O–H groups in total. The molecule has 3 aliphatic rings. The molecule has 216 valence electrons. The van der Waals surface area contributed by atoms with Gasteiger partial charge in [0.05, 0.1) is 4.90 Å². The molecule has 2 amide bonds. The number of sulfonamides is 1. The molecular formula is C31H42N4O4S. The topological polar surface area (TPSA) is 90.0 Å². The summed E-state index contributed by atoms with van der Waals surface area (Å²) in [5.41, 5.74) is 3.01. The minimum absolute atomic E-state index is 0.0196. The van der Waals surface area contributed by atoms with Gasteiger partial charge < -0.3 is 15.1 Å². The number of likely N-dealkylation sites (N-methyl/N-ethyl adjacent to an activating group) is 1. The summed E-state index contributed by atoms with van der Waals surface area (Å²) in [6.07, 6.45) is 3.75. The number of hydrogen-bond donors (Lipinski definition) is 1. The largest absolute Gasteiger partial charge is 0.342 e. The third-order valence-corrected chi connectivity index (χ3v) is 11.3. The fourth-order valence-electron chi connectivity index (χ4n) is 6.84. The second kappa shape index (κ2) is 11.6. The van der Waals surface area contributed by atoms with Crippen LogP contribution >= 0.6 is 0 Å². The summed E-state index contributed by atoms with van der Waals surface area (Å²) < 4.78 is 29.3. The maximum atomic E-state index is 14.2. The molecule has 1 unspecified atom stereocenters. The van der Waals surface area contributed by atoms with E-state index in [9.17, 15) is 18.0 Å². The fourth-order valence-corrected chi connectivity index (χ4v) is 8.55. The van der Waals surface area contributed by atoms with Crippen molar-refractivity contribution in [2.24, 2.45) is 11.8 Å². The Morgan fingerprint density at radius 2 is 1.60 bits per heavy atom. The van der Waals surface area contributed by atoms with E-state index < -0.39 is 22.1 Å². The highest BCUT2D eigenvalue weighted by Gasteiger charge is 2.47. The summed E-state index contributed by atoms with van der Waals surface area (Å²) in [7, 11) is 0.179. The first kappa shape index (κ1) is 28.8. The fraction of sp³-hybridized carbons (Fsp3) is 0.548. The molecule has 2 aliphatic heterocycles. The van der Waals surface area contributed by atoms with Crippen LogP contribution in [0.5, 0.6) is 0 Å². The van der Waals surface area contributed by atoms with Crippen molar-refractivity contribution in [1.82, 2.24) is 19.4 Å². The lowest BCUT2D eigenvalue weighted by Gasteiger charge is -2.44. The maximum Gasteiger partial charge on any atom is 0.246 e. The molecule has 0 spiro atoms. The van der Waals surface area contributed by atoms with Crippen molar-refractivity contribution in [3.63, 3.8) is 0 Å². The van der Waals surface area contributed by atoms with Gasteiger partial charge in [-0.25, -0.2) is 8.42 Å². The van der Waals surface area contributed by atoms with Crippen molar-refractivity contribution in [1.29, 1.82) is 0 Å². The average molecular weight is 567 g/mol. The zero-order valence-corrected chi connectivity index (χ0v) is 24.9. The molecule has 5 rings (SSSR count). The molecule has 8 nitrogen and oxygen atoms in total. The number of benzene rings is 2. The Morgan fingerprint density at radius 1 is 0.975 bits per heavy atom. The number of nitrogens with zero attached hydrogens (tertiary/aromatic N) is 3. The molecule has 9 heteroatoms. The van der Waals surface area contributed by atoms with Gasteiger partial charge in [-0.3, -0.25) is 9.59 Å². The van der Waals surface area contributed by atoms with Crippen LogP contribution in [0.1, 0.15) is 49.8 Å². The van der Waals surface area contributed by atoms with Crippen molar-refractivity contribution in [3.05, 3.63) is 65.2 Å². The minimum atomic E-state index is -3.76. The number of rotatable bonds is 9. The van der Waals surface area contributed by atoms with Crippen LogP contribution in [-0.2, 0) is 39.0 Å². The van der Waals surface area contributed by atoms with E-state index in [2.05, 4.69) is 22.3 Å². The second-order valence-electron chi connectivity index (χ2n) is 11.8. The van der Waals surface area contributed by atoms with Gasteiger partial charge in [0.15, 0.2) is 0 Å². The zero-order chi connectivity index (χ0) is 28.6. The van der Waals surface area contributed by atoms with Gasteiger partial charge in [0.25, 0.3) is 0 Å². The Morgan fingerprint density at radius 3 is 2.20 bits per heavy atom. The lowest BCUT2D eigenvalue weighted by Crippen LogP contribution is -2.66. The van der Waals surface area contributed by atoms with Crippen molar-refractivity contribution in [3.8, 4) is 0 Å². The summed E-state index contributed by atoms with van der Waals surface area (Å²) in [5, 5.41) is 3.10. The number of fused-ring (bicyclic) bond motifs is 1. The molecule has 2 aromatic carbocycles. The normalized spacial score (nSPS) is 24.2. The molecule has 0 aromatic heterocycles. The third-order valence-electron chi connectivity index (χ3n) is 9.29. The molecule has 3 atom stereocenters. The Labute approximate surface area is 238 Å². The summed E-state index contributed by atoms with van der Waals surface area (Å²) >= 11 is 0. The zero-order valence-electron chi connectivity index (χ0n) is 24.0. The second-order valence-corrected chi connectivity index (χ2v) is 13.7. The van der Waals surface area contributed by atoms with E-state index in [0.29, 0.717) is 18.7 Å². The molecule has 0 bridgehead atoms. The Bertz CT molecular complexity index is 1330. The van der Waals surface area contributed by atoms with Gasteiger partial charge in [-0.05, 0) is 68.0 Å². The van der Waals surface area contributed by atoms with Gasteiger partial charge in [0.2, 0.25) is 21.8 Å². The molecule has 2 saturated heterocycles. The van der Waals surface area contributed by atoms with Crippen LogP contribution in [0.3, 0.4) is 0 Å². The molecule has 40 heavy (non-hydrogen) atoms. The molecule has 0 radical (unpaired) electrons. The predicted molar refractivity (Wildman–Crippen MR) is 155 cm³/mol. The molecule has 1 aliphatic carbocycles. The number of hydrogen-bond acceptors (Lipinski definition) is 5. The van der Waals surface area contributed by atoms with Crippen LogP contribution in [0.25, 0.3) is 0 Å². The van der Waals surface area contributed by atoms with Crippen molar-refractivity contribution < 1.29 is 18.0 Å². The highest BCUT2D eigenvalue weighted by Crippen LogP contribution is 2.34. The highest BCUT2D eigenvalue weighted by atomic mass is 32.2. The summed E-state index contributed by atoms with van der Waals surface area (Å²) in [6, 6.07) is 14.1. The third kappa shape index (κ3) is 5.31. The van der Waals surface area contributed by atoms with Crippen LogP contribution in [0.4, 0.5) is 0 Å². The summed E-state index contributed by atoms with van der Waals surface area (Å²) in [4.78, 5) is 31.9. The van der Waals surface area contributed by atoms with Crippen molar-refractivity contribution in [2.75, 3.05) is 27.2 Å². The smallest absolute Gasteiger partial charge is 0.246 e. The van der Waals surface area contributed by atoms with Crippen LogP contribution in [0, 0.1) is 11.8 Å². The standard InChI is InChI=1S/C31H42N4O4S/c1-5-21(6-2)29-30(36)32-28(25-17-22-11-7-8-12-23(22)18-25)31(37)35(29)19-24-13-9-10-14-27(24)40(38,39)34-16-15-26(20-34)33(3)4/h7-14,21,25-26,28-29H,5-6,15-20H2,1-4H3,(H,32,36)/t26?,28-,29-/m1/s1. The predicted octanol–water partition coefficient (Wildman–Crippen LogP) is 3.06. The van der Waals surface area contributed by atoms with Gasteiger partial charge in [-0.1, -0.05) is 69.2 Å². The van der Waals surface area contributed by atoms with Crippen LogP contribution in [-0.4, -0.2) is 79.6 Å². The number of piperazine rings is 1. The van der Waals surface area contributed by atoms with E-state index >= 15 is 0 Å². The number of amides is 2. The lowest BCUT2D eigenvalue weighted by atomic mass is 9.86. The van der Waals surface area contributed by atoms with E-state index in [-0.39, 0.29) is 41.1 Å². The van der Waals surface area contributed by atoms with E-state index in [1.807, 2.05) is 46.1 Å². The summed E-state index contributed by atoms with van der Waals surface area (Å²) in [5.74, 6) is -0.294. The van der Waals surface area contributed by atoms with Crippen molar-refractivity contribution >= 4 is 21.8 Å². The SMILES string of the molecule is CCC(CC)[C@@H]1C(=O)N[C@H](C2Cc3ccccc3C2)C(=O)N1Cc1ccccc1S(=O)(=O)N1CCC(N(C)C)C1.